The maximum atomic E-state index is 14.7. The number of carbonyl (C=O) groups excluding carboxylic acids is 4. The molecule has 3 heterocycles. The van der Waals surface area contributed by atoms with Crippen molar-refractivity contribution in [3.8, 4) is 11.1 Å². The number of nitrogens with one attached hydrogen (secondary N) is 4. The van der Waals surface area contributed by atoms with Crippen LogP contribution in [0.15, 0.2) is 65.6 Å². The summed E-state index contributed by atoms with van der Waals surface area (Å²) in [6.45, 7) is -0.0883. The SMILES string of the molecule is CNc1c(-c2cccc3ccccc23)cnn(C2C[C@H]3C(=O)NC4(C(=O)NS(=O)(=O)C5CC5)C[C@H]4/C=C\CCCCC[C@H](NC(=O)OC4CCCC4)C(=O)N3C2)c1=O. The molecule has 2 unspecified atom stereocenters. The Bertz CT molecular complexity index is 2300. The predicted molar refractivity (Wildman–Crippen MR) is 217 cm³/mol. The molecule has 2 aromatic carbocycles. The summed E-state index contributed by atoms with van der Waals surface area (Å²) in [5.41, 5.74) is -0.293. The quantitative estimate of drug-likeness (QED) is 0.238. The molecular weight excluding hydrogens is 763 g/mol. The highest BCUT2D eigenvalue weighted by Gasteiger charge is 2.62. The Hall–Kier alpha value is -5.25. The summed E-state index contributed by atoms with van der Waals surface area (Å²) in [7, 11) is -2.27. The average Bonchev–Trinajstić information content (AvgIpc) is 4.08. The maximum Gasteiger partial charge on any atom is 0.408 e. The van der Waals surface area contributed by atoms with E-state index in [2.05, 4.69) is 25.8 Å². The van der Waals surface area contributed by atoms with E-state index in [4.69, 9.17) is 4.74 Å². The Balaban J connectivity index is 1.13. The minimum atomic E-state index is -3.92. The highest BCUT2D eigenvalue weighted by Crippen LogP contribution is 2.46. The number of nitrogens with zero attached hydrogens (tertiary/aromatic N) is 3. The van der Waals surface area contributed by atoms with Crippen molar-refractivity contribution in [3.05, 3.63) is 71.2 Å². The van der Waals surface area contributed by atoms with Gasteiger partial charge in [0.25, 0.3) is 11.5 Å². The second-order valence-corrected chi connectivity index (χ2v) is 18.3. The lowest BCUT2D eigenvalue weighted by molar-refractivity contribution is -0.141. The summed E-state index contributed by atoms with van der Waals surface area (Å²) < 4.78 is 35.0. The predicted octanol–water partition coefficient (Wildman–Crippen LogP) is 4.29. The van der Waals surface area contributed by atoms with E-state index in [9.17, 15) is 32.4 Å². The summed E-state index contributed by atoms with van der Waals surface area (Å²) >= 11 is 0. The second-order valence-electron chi connectivity index (χ2n) is 16.4. The van der Waals surface area contributed by atoms with Gasteiger partial charge in [-0.15, -0.1) is 0 Å². The van der Waals surface area contributed by atoms with Gasteiger partial charge in [-0.25, -0.2) is 17.9 Å². The van der Waals surface area contributed by atoms with Crippen LogP contribution in [0.2, 0.25) is 0 Å². The standard InChI is InChI=1S/C42H51N7O8S/c1-43-36-33(32-18-11-13-26-12-7-10-17-31(26)32)24-44-49(39(36)52)28-22-35-37(50)46-42(40(53)47-58(55,56)30-20-21-30)23-27(42)14-5-3-2-4-6-19-34(38(51)48(35)25-28)45-41(54)57-29-15-8-9-16-29/h5,7,10-14,17-18,24,27-30,34-35,43H,2-4,6,8-9,15-16,19-23,25H2,1H3,(H,45,54)(H,46,50)(H,47,53)/b14-5-/t27-,28?,34+,35+,42?/m1/s1. The van der Waals surface area contributed by atoms with Crippen molar-refractivity contribution in [2.75, 3.05) is 18.9 Å². The van der Waals surface area contributed by atoms with E-state index in [0.717, 1.165) is 54.9 Å². The lowest BCUT2D eigenvalue weighted by Crippen LogP contribution is -2.58. The van der Waals surface area contributed by atoms with Crippen LogP contribution in [0.1, 0.15) is 89.5 Å². The van der Waals surface area contributed by atoms with Crippen molar-refractivity contribution >= 4 is 50.3 Å². The molecule has 15 nitrogen and oxygen atoms in total. The van der Waals surface area contributed by atoms with Gasteiger partial charge in [0.15, 0.2) is 0 Å². The van der Waals surface area contributed by atoms with E-state index < -0.39 is 74.2 Å². The summed E-state index contributed by atoms with van der Waals surface area (Å²) in [5, 5.41) is 14.7. The normalized spacial score (nSPS) is 27.4. The Labute approximate surface area is 337 Å². The van der Waals surface area contributed by atoms with Crippen LogP contribution in [0.5, 0.6) is 0 Å². The van der Waals surface area contributed by atoms with E-state index in [0.29, 0.717) is 43.4 Å². The Kier molecular flexibility index (Phi) is 11.0. The fourth-order valence-electron chi connectivity index (χ4n) is 8.92. The van der Waals surface area contributed by atoms with Gasteiger partial charge in [0, 0.05) is 31.5 Å². The van der Waals surface area contributed by atoms with E-state index >= 15 is 0 Å². The molecule has 3 aliphatic carbocycles. The molecule has 8 rings (SSSR count). The Morgan fingerprint density at radius 3 is 2.47 bits per heavy atom. The number of hydrogen-bond acceptors (Lipinski definition) is 10. The molecule has 5 aliphatic rings. The van der Waals surface area contributed by atoms with Gasteiger partial charge in [0.05, 0.1) is 17.5 Å². The van der Waals surface area contributed by atoms with Crippen LogP contribution in [0.25, 0.3) is 21.9 Å². The number of alkyl carbamates (subject to hydrolysis) is 1. The summed E-state index contributed by atoms with van der Waals surface area (Å²) in [4.78, 5) is 72.0. The van der Waals surface area contributed by atoms with Crippen LogP contribution in [0, 0.1) is 5.92 Å². The molecule has 4 fully saturated rings. The van der Waals surface area contributed by atoms with Crippen molar-refractivity contribution in [2.24, 2.45) is 5.92 Å². The molecule has 0 bridgehead atoms. The van der Waals surface area contributed by atoms with E-state index in [1.165, 1.54) is 9.58 Å². The third-order valence-electron chi connectivity index (χ3n) is 12.4. The molecule has 5 atom stereocenters. The van der Waals surface area contributed by atoms with Crippen molar-refractivity contribution in [3.63, 3.8) is 0 Å². The van der Waals surface area contributed by atoms with Crippen LogP contribution in [0.3, 0.4) is 0 Å². The van der Waals surface area contributed by atoms with Gasteiger partial charge in [-0.1, -0.05) is 67.5 Å². The van der Waals surface area contributed by atoms with Crippen LogP contribution < -0.4 is 26.2 Å². The minimum absolute atomic E-state index is 0.0287. The lowest BCUT2D eigenvalue weighted by atomic mass is 9.98. The van der Waals surface area contributed by atoms with Gasteiger partial charge in [0.1, 0.15) is 29.4 Å². The molecule has 4 amide bonds. The maximum absolute atomic E-state index is 14.7. The Morgan fingerprint density at radius 2 is 1.69 bits per heavy atom. The average molecular weight is 814 g/mol. The molecule has 2 aliphatic heterocycles. The highest BCUT2D eigenvalue weighted by molar-refractivity contribution is 7.91. The van der Waals surface area contributed by atoms with Crippen molar-refractivity contribution in [1.82, 2.24) is 30.0 Å². The molecule has 0 spiro atoms. The third kappa shape index (κ3) is 7.94. The second kappa shape index (κ2) is 16.2. The van der Waals surface area contributed by atoms with E-state index in [1.807, 2.05) is 54.6 Å². The number of amides is 4. The number of fused-ring (bicyclic) bond motifs is 3. The van der Waals surface area contributed by atoms with Gasteiger partial charge >= 0.3 is 6.09 Å². The molecule has 1 aromatic heterocycles. The number of anilines is 1. The number of sulfonamides is 1. The van der Waals surface area contributed by atoms with Crippen LogP contribution >= 0.6 is 0 Å². The van der Waals surface area contributed by atoms with E-state index in [-0.39, 0.29) is 25.5 Å². The number of hydrogen-bond donors (Lipinski definition) is 4. The first kappa shape index (κ1) is 39.6. The third-order valence-corrected chi connectivity index (χ3v) is 14.2. The zero-order valence-corrected chi connectivity index (χ0v) is 33.5. The van der Waals surface area contributed by atoms with Gasteiger partial charge in [-0.3, -0.25) is 23.9 Å². The van der Waals surface area contributed by atoms with Gasteiger partial charge in [-0.05, 0) is 80.5 Å². The highest BCUT2D eigenvalue weighted by atomic mass is 32.2. The van der Waals surface area contributed by atoms with Gasteiger partial charge in [-0.2, -0.15) is 5.10 Å². The number of ether oxygens (including phenoxy) is 1. The zero-order valence-electron chi connectivity index (χ0n) is 32.7. The molecule has 1 saturated heterocycles. The topological polar surface area (TPSA) is 198 Å². The number of aromatic nitrogens is 2. The van der Waals surface area contributed by atoms with Crippen molar-refractivity contribution in [1.29, 1.82) is 0 Å². The molecule has 308 valence electrons. The molecule has 3 saturated carbocycles. The largest absolute Gasteiger partial charge is 0.446 e. The number of benzene rings is 2. The van der Waals surface area contributed by atoms with Crippen LogP contribution in [0.4, 0.5) is 10.5 Å². The first-order valence-corrected chi connectivity index (χ1v) is 22.1. The van der Waals surface area contributed by atoms with Crippen LogP contribution in [-0.2, 0) is 29.1 Å². The summed E-state index contributed by atoms with van der Waals surface area (Å²) in [6.07, 6.45) is 12.1. The first-order valence-electron chi connectivity index (χ1n) is 20.6. The fourth-order valence-corrected chi connectivity index (χ4v) is 10.3. The van der Waals surface area contributed by atoms with Crippen molar-refractivity contribution < 1.29 is 32.3 Å². The molecule has 4 N–H and O–H groups in total. The number of allylic oxidation sites excluding steroid dienone is 1. The molecule has 16 heteroatoms. The molecular formula is C42H51N7O8S. The van der Waals surface area contributed by atoms with E-state index in [1.54, 1.807) is 13.2 Å². The number of rotatable bonds is 8. The molecule has 58 heavy (non-hydrogen) atoms. The van der Waals surface area contributed by atoms with Gasteiger partial charge < -0.3 is 25.6 Å². The monoisotopic (exact) mass is 813 g/mol. The van der Waals surface area contributed by atoms with Crippen LogP contribution in [-0.4, -0.2) is 89.5 Å². The lowest BCUT2D eigenvalue weighted by Gasteiger charge is -2.30. The fraction of sp³-hybridized carbons (Fsp3) is 0.524. The minimum Gasteiger partial charge on any atom is -0.446 e. The number of carbonyl (C=O) groups is 4. The van der Waals surface area contributed by atoms with Gasteiger partial charge in [0.2, 0.25) is 21.8 Å². The molecule has 3 aromatic rings. The zero-order chi connectivity index (χ0) is 40.6. The van der Waals surface area contributed by atoms with Crippen molar-refractivity contribution in [2.45, 2.75) is 118 Å². The first-order chi connectivity index (χ1) is 28.0. The Morgan fingerprint density at radius 1 is 0.931 bits per heavy atom. The summed E-state index contributed by atoms with van der Waals surface area (Å²) in [5.74, 6) is -2.45. The summed E-state index contributed by atoms with van der Waals surface area (Å²) in [6, 6.07) is 10.7. The smallest absolute Gasteiger partial charge is 0.408 e. The molecule has 0 radical (unpaired) electrons.